The van der Waals surface area contributed by atoms with E-state index in [1.807, 2.05) is 0 Å². The third kappa shape index (κ3) is 2.43. The van der Waals surface area contributed by atoms with Gasteiger partial charge in [-0.25, -0.2) is 14.5 Å². The summed E-state index contributed by atoms with van der Waals surface area (Å²) in [6, 6.07) is -0.852. The van der Waals surface area contributed by atoms with Crippen LogP contribution in [0.25, 0.3) is 0 Å². The summed E-state index contributed by atoms with van der Waals surface area (Å²) in [6.07, 6.45) is 1.02. The zero-order chi connectivity index (χ0) is 14.4. The highest BCUT2D eigenvalue weighted by atomic mass is 16.6. The van der Waals surface area contributed by atoms with Gasteiger partial charge in [0.2, 0.25) is 5.91 Å². The van der Waals surface area contributed by atoms with Gasteiger partial charge < -0.3 is 9.47 Å². The van der Waals surface area contributed by atoms with Crippen molar-refractivity contribution in [2.24, 2.45) is 5.41 Å². The minimum atomic E-state index is -0.852. The van der Waals surface area contributed by atoms with Crippen molar-refractivity contribution in [2.45, 2.75) is 51.7 Å². The lowest BCUT2D eigenvalue weighted by Gasteiger charge is -2.26. The van der Waals surface area contributed by atoms with Gasteiger partial charge in [-0.05, 0) is 40.0 Å². The van der Waals surface area contributed by atoms with Gasteiger partial charge in [0.1, 0.15) is 11.6 Å². The molecule has 1 aliphatic carbocycles. The zero-order valence-corrected chi connectivity index (χ0v) is 11.7. The fraction of sp³-hybridized carbons (Fsp3) is 0.769. The molecule has 6 heteroatoms. The van der Waals surface area contributed by atoms with Gasteiger partial charge in [-0.3, -0.25) is 4.79 Å². The Morgan fingerprint density at radius 2 is 1.89 bits per heavy atom. The Balaban J connectivity index is 2.21. The maximum atomic E-state index is 12.3. The van der Waals surface area contributed by atoms with Crippen LogP contribution in [0.4, 0.5) is 4.79 Å². The number of amides is 2. The van der Waals surface area contributed by atoms with E-state index >= 15 is 0 Å². The largest absolute Gasteiger partial charge is 0.467 e. The van der Waals surface area contributed by atoms with Gasteiger partial charge in [-0.1, -0.05) is 0 Å². The van der Waals surface area contributed by atoms with E-state index in [9.17, 15) is 14.4 Å². The Labute approximate surface area is 112 Å². The second-order valence-electron chi connectivity index (χ2n) is 6.18. The summed E-state index contributed by atoms with van der Waals surface area (Å²) in [6.45, 7) is 5.14. The first kappa shape index (κ1) is 13.8. The predicted octanol–water partition coefficient (Wildman–Crippen LogP) is 1.48. The summed E-state index contributed by atoms with van der Waals surface area (Å²) in [5.41, 5.74) is -1.24. The Morgan fingerprint density at radius 1 is 1.32 bits per heavy atom. The number of ether oxygens (including phenoxy) is 2. The molecule has 1 heterocycles. The van der Waals surface area contributed by atoms with Crippen LogP contribution in [0.2, 0.25) is 0 Å². The molecule has 0 radical (unpaired) electrons. The Kier molecular flexibility index (Phi) is 3.07. The second-order valence-corrected chi connectivity index (χ2v) is 6.18. The fourth-order valence-corrected chi connectivity index (χ4v) is 2.36. The van der Waals surface area contributed by atoms with E-state index in [0.29, 0.717) is 6.42 Å². The summed E-state index contributed by atoms with van der Waals surface area (Å²) in [5.74, 6) is -0.875. The highest BCUT2D eigenvalue weighted by Crippen LogP contribution is 2.56. The number of nitrogens with zero attached hydrogens (tertiary/aromatic N) is 1. The number of rotatable bonds is 1. The maximum absolute atomic E-state index is 12.3. The molecular weight excluding hydrogens is 250 g/mol. The van der Waals surface area contributed by atoms with Crippen LogP contribution in [0.5, 0.6) is 0 Å². The summed E-state index contributed by atoms with van der Waals surface area (Å²) in [5, 5.41) is 0. The molecule has 2 rings (SSSR count). The molecule has 1 saturated heterocycles. The first-order valence-electron chi connectivity index (χ1n) is 6.35. The minimum absolute atomic E-state index is 0.308. The van der Waals surface area contributed by atoms with Crippen LogP contribution in [-0.4, -0.2) is 41.6 Å². The molecule has 6 nitrogen and oxygen atoms in total. The number of esters is 1. The molecule has 1 unspecified atom stereocenters. The van der Waals surface area contributed by atoms with Gasteiger partial charge in [0.25, 0.3) is 0 Å². The SMILES string of the molecule is COC(=O)C1CC2(CC2)C(=O)N1C(=O)OC(C)(C)C. The number of methoxy groups -OCH3 is 1. The third-order valence-electron chi connectivity index (χ3n) is 3.49. The number of carbonyl (C=O) groups is 3. The molecule has 0 aromatic rings. The van der Waals surface area contributed by atoms with Crippen LogP contribution < -0.4 is 0 Å². The molecule has 0 N–H and O–H groups in total. The van der Waals surface area contributed by atoms with Gasteiger partial charge in [0.15, 0.2) is 0 Å². The van der Waals surface area contributed by atoms with E-state index in [2.05, 4.69) is 4.74 Å². The summed E-state index contributed by atoms with van der Waals surface area (Å²) in [7, 11) is 1.25. The topological polar surface area (TPSA) is 72.9 Å². The van der Waals surface area contributed by atoms with Crippen LogP contribution in [0.1, 0.15) is 40.0 Å². The smallest absolute Gasteiger partial charge is 0.417 e. The number of imide groups is 1. The Bertz CT molecular complexity index is 433. The molecule has 19 heavy (non-hydrogen) atoms. The predicted molar refractivity (Wildman–Crippen MR) is 65.2 cm³/mol. The molecule has 0 aromatic carbocycles. The Morgan fingerprint density at radius 3 is 2.32 bits per heavy atom. The number of likely N-dealkylation sites (tertiary alicyclic amines) is 1. The maximum Gasteiger partial charge on any atom is 0.417 e. The van der Waals surface area contributed by atoms with Crippen LogP contribution in [0, 0.1) is 5.41 Å². The van der Waals surface area contributed by atoms with Crippen molar-refractivity contribution in [3.8, 4) is 0 Å². The van der Waals surface area contributed by atoms with E-state index in [-0.39, 0.29) is 5.91 Å². The average molecular weight is 269 g/mol. The monoisotopic (exact) mass is 269 g/mol. The van der Waals surface area contributed by atoms with E-state index < -0.39 is 29.1 Å². The van der Waals surface area contributed by atoms with Gasteiger partial charge >= 0.3 is 12.1 Å². The van der Waals surface area contributed by atoms with E-state index in [4.69, 9.17) is 4.74 Å². The first-order chi connectivity index (χ1) is 8.70. The molecule has 2 fully saturated rings. The average Bonchev–Trinajstić information content (AvgIpc) is 2.98. The lowest BCUT2D eigenvalue weighted by Crippen LogP contribution is -2.46. The summed E-state index contributed by atoms with van der Waals surface area (Å²) in [4.78, 5) is 37.0. The van der Waals surface area contributed by atoms with Crippen molar-refractivity contribution in [3.05, 3.63) is 0 Å². The van der Waals surface area contributed by atoms with Crippen LogP contribution in [0.3, 0.4) is 0 Å². The molecule has 2 amide bonds. The normalized spacial score (nSPS) is 24.5. The van der Waals surface area contributed by atoms with Gasteiger partial charge in [0.05, 0.1) is 12.5 Å². The van der Waals surface area contributed by atoms with Crippen LogP contribution in [0.15, 0.2) is 0 Å². The molecule has 2 aliphatic rings. The van der Waals surface area contributed by atoms with Crippen molar-refractivity contribution < 1.29 is 23.9 Å². The fourth-order valence-electron chi connectivity index (χ4n) is 2.36. The molecule has 0 aromatic heterocycles. The summed E-state index contributed by atoms with van der Waals surface area (Å²) >= 11 is 0. The van der Waals surface area contributed by atoms with Crippen molar-refractivity contribution in [1.29, 1.82) is 0 Å². The highest BCUT2D eigenvalue weighted by molar-refractivity contribution is 6.03. The molecule has 0 bridgehead atoms. The van der Waals surface area contributed by atoms with Gasteiger partial charge in [-0.15, -0.1) is 0 Å². The number of hydrogen-bond donors (Lipinski definition) is 0. The van der Waals surface area contributed by atoms with Gasteiger partial charge in [0, 0.05) is 0 Å². The number of hydrogen-bond acceptors (Lipinski definition) is 5. The van der Waals surface area contributed by atoms with Crippen molar-refractivity contribution >= 4 is 18.0 Å². The van der Waals surface area contributed by atoms with Crippen molar-refractivity contribution in [2.75, 3.05) is 7.11 Å². The van der Waals surface area contributed by atoms with Crippen LogP contribution in [-0.2, 0) is 19.1 Å². The highest BCUT2D eigenvalue weighted by Gasteiger charge is 2.63. The van der Waals surface area contributed by atoms with E-state index in [1.54, 1.807) is 20.8 Å². The third-order valence-corrected chi connectivity index (χ3v) is 3.49. The first-order valence-corrected chi connectivity index (χ1v) is 6.35. The minimum Gasteiger partial charge on any atom is -0.467 e. The molecule has 106 valence electrons. The zero-order valence-electron chi connectivity index (χ0n) is 11.7. The Hall–Kier alpha value is -1.59. The quantitative estimate of drug-likeness (QED) is 0.674. The lowest BCUT2D eigenvalue weighted by molar-refractivity contribution is -0.148. The van der Waals surface area contributed by atoms with Crippen molar-refractivity contribution in [1.82, 2.24) is 4.90 Å². The number of carbonyl (C=O) groups excluding carboxylic acids is 3. The van der Waals surface area contributed by atoms with E-state index in [0.717, 1.165) is 17.7 Å². The molecule has 1 spiro atoms. The van der Waals surface area contributed by atoms with Crippen LogP contribution >= 0.6 is 0 Å². The van der Waals surface area contributed by atoms with E-state index in [1.165, 1.54) is 7.11 Å². The molecule has 1 aliphatic heterocycles. The van der Waals surface area contributed by atoms with Gasteiger partial charge in [-0.2, -0.15) is 0 Å². The summed E-state index contributed by atoms with van der Waals surface area (Å²) < 4.78 is 9.87. The molecular formula is C13H19NO5. The lowest BCUT2D eigenvalue weighted by atomic mass is 10.0. The molecule has 1 atom stereocenters. The second kappa shape index (κ2) is 4.21. The van der Waals surface area contributed by atoms with Crippen molar-refractivity contribution in [3.63, 3.8) is 0 Å². The standard InChI is InChI=1S/C13H19NO5/c1-12(2,3)19-11(17)14-8(9(15)18-4)7-13(5-6-13)10(14)16/h8H,5-7H2,1-4H3. The molecule has 1 saturated carbocycles.